The number of hydrogen-bond acceptors (Lipinski definition) is 4. The number of thioether (sulfide) groups is 1. The summed E-state index contributed by atoms with van der Waals surface area (Å²) in [6.45, 7) is 6.61. The summed E-state index contributed by atoms with van der Waals surface area (Å²) in [4.78, 5) is 23.8. The van der Waals surface area contributed by atoms with E-state index in [0.717, 1.165) is 12.1 Å². The van der Waals surface area contributed by atoms with E-state index in [-0.39, 0.29) is 16.9 Å². The molecule has 0 saturated heterocycles. The van der Waals surface area contributed by atoms with Crippen molar-refractivity contribution in [3.8, 4) is 0 Å². The second kappa shape index (κ2) is 7.64. The molecule has 0 unspecified atom stereocenters. The van der Waals surface area contributed by atoms with Crippen molar-refractivity contribution in [1.82, 2.24) is 9.97 Å². The van der Waals surface area contributed by atoms with Gasteiger partial charge in [-0.25, -0.2) is 9.97 Å². The molecular weight excluding hydrogens is 378 g/mol. The first-order chi connectivity index (χ1) is 13.9. The van der Waals surface area contributed by atoms with E-state index >= 15 is 0 Å². The van der Waals surface area contributed by atoms with E-state index in [1.807, 2.05) is 17.0 Å². The summed E-state index contributed by atoms with van der Waals surface area (Å²) in [6.07, 6.45) is 4.25. The molecule has 29 heavy (non-hydrogen) atoms. The summed E-state index contributed by atoms with van der Waals surface area (Å²) in [5.74, 6) is 0.388. The highest BCUT2D eigenvalue weighted by Gasteiger charge is 2.47. The molecule has 2 aromatic carbocycles. The van der Waals surface area contributed by atoms with Crippen molar-refractivity contribution in [3.63, 3.8) is 0 Å². The Morgan fingerprint density at radius 1 is 0.966 bits per heavy atom. The molecule has 1 atom stereocenters. The fourth-order valence-electron chi connectivity index (χ4n) is 4.59. The molecular formula is C24H25N3OS. The number of amides is 1. The zero-order valence-electron chi connectivity index (χ0n) is 17.0. The maximum absolute atomic E-state index is 13.3. The SMILES string of the molecule is CC1(C)C[C@](C)(c2ccccc2)c2ccccc2N1C(=O)CSc1ncccn1. The molecule has 1 aliphatic heterocycles. The summed E-state index contributed by atoms with van der Waals surface area (Å²) in [7, 11) is 0. The molecule has 0 saturated carbocycles. The Bertz CT molecular complexity index is 1010. The number of para-hydroxylation sites is 1. The number of anilines is 1. The van der Waals surface area contributed by atoms with Crippen LogP contribution in [0.1, 0.15) is 38.3 Å². The highest BCUT2D eigenvalue weighted by molar-refractivity contribution is 7.99. The summed E-state index contributed by atoms with van der Waals surface area (Å²) >= 11 is 1.38. The molecule has 3 aromatic rings. The topological polar surface area (TPSA) is 46.1 Å². The first kappa shape index (κ1) is 19.6. The Balaban J connectivity index is 1.71. The van der Waals surface area contributed by atoms with Gasteiger partial charge in [-0.05, 0) is 43.5 Å². The van der Waals surface area contributed by atoms with Gasteiger partial charge in [0.2, 0.25) is 5.91 Å². The molecule has 5 heteroatoms. The maximum atomic E-state index is 13.3. The van der Waals surface area contributed by atoms with Crippen molar-refractivity contribution in [1.29, 1.82) is 0 Å². The van der Waals surface area contributed by atoms with Gasteiger partial charge in [0.05, 0.1) is 5.75 Å². The van der Waals surface area contributed by atoms with Crippen LogP contribution in [0.15, 0.2) is 78.2 Å². The Morgan fingerprint density at radius 2 is 1.62 bits per heavy atom. The lowest BCUT2D eigenvalue weighted by Crippen LogP contribution is -2.56. The number of hydrogen-bond donors (Lipinski definition) is 0. The quantitative estimate of drug-likeness (QED) is 0.450. The Morgan fingerprint density at radius 3 is 2.34 bits per heavy atom. The number of fused-ring (bicyclic) bond motifs is 1. The summed E-state index contributed by atoms with van der Waals surface area (Å²) in [6, 6.07) is 20.7. The number of benzene rings is 2. The molecule has 0 bridgehead atoms. The molecule has 0 aliphatic carbocycles. The lowest BCUT2D eigenvalue weighted by Gasteiger charge is -2.51. The van der Waals surface area contributed by atoms with Gasteiger partial charge >= 0.3 is 0 Å². The minimum Gasteiger partial charge on any atom is -0.306 e. The molecule has 0 fully saturated rings. The highest BCUT2D eigenvalue weighted by Crippen LogP contribution is 2.50. The standard InChI is InChI=1S/C24H25N3OS/c1-23(2)17-24(3,18-10-5-4-6-11-18)19-12-7-8-13-20(19)27(23)21(28)16-29-22-25-14-9-15-26-22/h4-15H,16-17H2,1-3H3/t24-/m1/s1. The normalized spacial score (nSPS) is 20.2. The van der Waals surface area contributed by atoms with Gasteiger partial charge in [0.25, 0.3) is 0 Å². The van der Waals surface area contributed by atoms with E-state index in [2.05, 4.69) is 73.2 Å². The smallest absolute Gasteiger partial charge is 0.237 e. The van der Waals surface area contributed by atoms with Crippen LogP contribution in [0.25, 0.3) is 0 Å². The van der Waals surface area contributed by atoms with Crippen LogP contribution in [-0.4, -0.2) is 27.2 Å². The van der Waals surface area contributed by atoms with Crippen LogP contribution in [0.2, 0.25) is 0 Å². The van der Waals surface area contributed by atoms with Gasteiger partial charge in [0.1, 0.15) is 0 Å². The van der Waals surface area contributed by atoms with Crippen molar-refractivity contribution in [2.45, 2.75) is 43.3 Å². The van der Waals surface area contributed by atoms with Gasteiger partial charge in [0.15, 0.2) is 5.16 Å². The van der Waals surface area contributed by atoms with E-state index in [4.69, 9.17) is 0 Å². The molecule has 1 aromatic heterocycles. The van der Waals surface area contributed by atoms with Crippen molar-refractivity contribution in [2.24, 2.45) is 0 Å². The minimum atomic E-state index is -0.325. The van der Waals surface area contributed by atoms with E-state index in [1.54, 1.807) is 18.5 Å². The van der Waals surface area contributed by atoms with Gasteiger partial charge in [-0.15, -0.1) is 0 Å². The van der Waals surface area contributed by atoms with Crippen molar-refractivity contribution in [2.75, 3.05) is 10.7 Å². The molecule has 0 radical (unpaired) electrons. The summed E-state index contributed by atoms with van der Waals surface area (Å²) in [5, 5.41) is 0.623. The second-order valence-corrected chi connectivity index (χ2v) is 9.20. The van der Waals surface area contributed by atoms with E-state index in [9.17, 15) is 4.79 Å². The van der Waals surface area contributed by atoms with Crippen molar-refractivity contribution in [3.05, 3.63) is 84.2 Å². The van der Waals surface area contributed by atoms with Gasteiger partial charge < -0.3 is 4.90 Å². The summed E-state index contributed by atoms with van der Waals surface area (Å²) < 4.78 is 0. The maximum Gasteiger partial charge on any atom is 0.237 e. The van der Waals surface area contributed by atoms with E-state index in [0.29, 0.717) is 10.9 Å². The molecule has 1 aliphatic rings. The highest BCUT2D eigenvalue weighted by atomic mass is 32.2. The lowest BCUT2D eigenvalue weighted by molar-refractivity contribution is -0.117. The van der Waals surface area contributed by atoms with Gasteiger partial charge in [-0.3, -0.25) is 4.79 Å². The summed E-state index contributed by atoms with van der Waals surface area (Å²) in [5.41, 5.74) is 2.98. The largest absolute Gasteiger partial charge is 0.306 e. The first-order valence-electron chi connectivity index (χ1n) is 9.80. The number of rotatable bonds is 4. The molecule has 4 nitrogen and oxygen atoms in total. The first-order valence-corrected chi connectivity index (χ1v) is 10.8. The van der Waals surface area contributed by atoms with Crippen LogP contribution in [0.3, 0.4) is 0 Å². The van der Waals surface area contributed by atoms with Crippen LogP contribution in [0, 0.1) is 0 Å². The molecule has 1 amide bonds. The van der Waals surface area contributed by atoms with Crippen molar-refractivity contribution < 1.29 is 4.79 Å². The molecule has 2 heterocycles. The zero-order valence-corrected chi connectivity index (χ0v) is 17.8. The van der Waals surface area contributed by atoms with Crippen LogP contribution >= 0.6 is 11.8 Å². The molecule has 0 spiro atoms. The van der Waals surface area contributed by atoms with E-state index < -0.39 is 0 Å². The van der Waals surface area contributed by atoms with Gasteiger partial charge in [-0.2, -0.15) is 0 Å². The predicted molar refractivity (Wildman–Crippen MR) is 118 cm³/mol. The molecule has 4 rings (SSSR count). The fourth-order valence-corrected chi connectivity index (χ4v) is 5.24. The zero-order chi connectivity index (χ0) is 20.5. The predicted octanol–water partition coefficient (Wildman–Crippen LogP) is 5.09. The third-order valence-corrected chi connectivity index (χ3v) is 6.52. The average molecular weight is 404 g/mol. The lowest BCUT2D eigenvalue weighted by atomic mass is 9.65. The second-order valence-electron chi connectivity index (χ2n) is 8.25. The fraction of sp³-hybridized carbons (Fsp3) is 0.292. The molecule has 0 N–H and O–H groups in total. The Kier molecular flexibility index (Phi) is 5.17. The van der Waals surface area contributed by atoms with Crippen LogP contribution in [0.5, 0.6) is 0 Å². The monoisotopic (exact) mass is 403 g/mol. The molecule has 148 valence electrons. The van der Waals surface area contributed by atoms with Crippen LogP contribution < -0.4 is 4.90 Å². The number of nitrogens with zero attached hydrogens (tertiary/aromatic N) is 3. The third kappa shape index (κ3) is 3.67. The Labute approximate surface area is 176 Å². The number of carbonyl (C=O) groups excluding carboxylic acids is 1. The van der Waals surface area contributed by atoms with Gasteiger partial charge in [-0.1, -0.05) is 67.2 Å². The van der Waals surface area contributed by atoms with Crippen LogP contribution in [-0.2, 0) is 10.2 Å². The van der Waals surface area contributed by atoms with Gasteiger partial charge in [0, 0.05) is 29.0 Å². The van der Waals surface area contributed by atoms with Crippen LogP contribution in [0.4, 0.5) is 5.69 Å². The number of aromatic nitrogens is 2. The average Bonchev–Trinajstić information content (AvgIpc) is 2.73. The minimum absolute atomic E-state index is 0.0787. The third-order valence-electron chi connectivity index (χ3n) is 5.66. The van der Waals surface area contributed by atoms with E-state index in [1.165, 1.54) is 22.9 Å². The number of carbonyl (C=O) groups is 1. The van der Waals surface area contributed by atoms with Crippen molar-refractivity contribution >= 4 is 23.4 Å². The Hall–Kier alpha value is -2.66.